The van der Waals surface area contributed by atoms with Gasteiger partial charge >= 0.3 is 0 Å². The molecule has 1 heterocycles. The molecule has 0 unspecified atom stereocenters. The van der Waals surface area contributed by atoms with Crippen molar-refractivity contribution in [1.29, 1.82) is 0 Å². The highest BCUT2D eigenvalue weighted by Crippen LogP contribution is 2.27. The van der Waals surface area contributed by atoms with Gasteiger partial charge in [-0.05, 0) is 38.4 Å². The summed E-state index contributed by atoms with van der Waals surface area (Å²) in [7, 11) is -3.38. The predicted molar refractivity (Wildman–Crippen MR) is 80.5 cm³/mol. The third kappa shape index (κ3) is 4.02. The van der Waals surface area contributed by atoms with E-state index in [9.17, 15) is 8.42 Å². The Morgan fingerprint density at radius 3 is 2.75 bits per heavy atom. The van der Waals surface area contributed by atoms with E-state index in [1.807, 2.05) is 19.9 Å². The molecule has 0 radical (unpaired) electrons. The fourth-order valence-electron chi connectivity index (χ4n) is 2.16. The van der Waals surface area contributed by atoms with Crippen LogP contribution in [0.1, 0.15) is 31.6 Å². The summed E-state index contributed by atoms with van der Waals surface area (Å²) < 4.78 is 33.0. The number of ether oxygens (including phenoxy) is 1. The van der Waals surface area contributed by atoms with Gasteiger partial charge in [0.05, 0.1) is 6.10 Å². The zero-order valence-corrected chi connectivity index (χ0v) is 13.5. The van der Waals surface area contributed by atoms with Crippen molar-refractivity contribution < 1.29 is 13.2 Å². The zero-order chi connectivity index (χ0) is 14.6. The summed E-state index contributed by atoms with van der Waals surface area (Å²) in [5.74, 6) is 0. The molecule has 0 amide bonds. The van der Waals surface area contributed by atoms with Gasteiger partial charge in [-0.1, -0.05) is 6.92 Å². The van der Waals surface area contributed by atoms with Gasteiger partial charge < -0.3 is 10.1 Å². The van der Waals surface area contributed by atoms with Crippen molar-refractivity contribution in [2.45, 2.75) is 49.6 Å². The Morgan fingerprint density at radius 1 is 1.35 bits per heavy atom. The number of thiophene rings is 1. The summed E-state index contributed by atoms with van der Waals surface area (Å²) in [5.41, 5.74) is 0. The van der Waals surface area contributed by atoms with Crippen molar-refractivity contribution in [3.63, 3.8) is 0 Å². The average Bonchev–Trinajstić information content (AvgIpc) is 2.83. The molecule has 0 bridgehead atoms. The third-order valence-electron chi connectivity index (χ3n) is 3.27. The highest BCUT2D eigenvalue weighted by Gasteiger charge is 2.33. The summed E-state index contributed by atoms with van der Waals surface area (Å²) in [6.45, 7) is 6.25. The number of nitrogens with one attached hydrogen (secondary N) is 2. The van der Waals surface area contributed by atoms with E-state index in [-0.39, 0.29) is 12.1 Å². The van der Waals surface area contributed by atoms with Crippen LogP contribution in [-0.4, -0.2) is 33.7 Å². The molecule has 1 saturated carbocycles. The Hall–Kier alpha value is -0.470. The van der Waals surface area contributed by atoms with Crippen LogP contribution in [0.2, 0.25) is 0 Å². The summed E-state index contributed by atoms with van der Waals surface area (Å²) in [5, 5.41) is 3.19. The van der Waals surface area contributed by atoms with Gasteiger partial charge in [-0.2, -0.15) is 0 Å². The maximum Gasteiger partial charge on any atom is 0.250 e. The quantitative estimate of drug-likeness (QED) is 0.765. The van der Waals surface area contributed by atoms with E-state index in [2.05, 4.69) is 10.0 Å². The minimum Gasteiger partial charge on any atom is -0.378 e. The van der Waals surface area contributed by atoms with E-state index in [1.165, 1.54) is 11.3 Å². The number of rotatable bonds is 8. The lowest BCUT2D eigenvalue weighted by Crippen LogP contribution is -2.47. The fraction of sp³-hybridized carbons (Fsp3) is 0.692. The van der Waals surface area contributed by atoms with Gasteiger partial charge in [0, 0.05) is 24.1 Å². The molecular weight excluding hydrogens is 296 g/mol. The first-order valence-electron chi connectivity index (χ1n) is 6.98. The third-order valence-corrected chi connectivity index (χ3v) is 6.37. The summed E-state index contributed by atoms with van der Waals surface area (Å²) >= 11 is 1.32. The molecule has 2 N–H and O–H groups in total. The largest absolute Gasteiger partial charge is 0.378 e. The molecule has 1 aliphatic rings. The van der Waals surface area contributed by atoms with Gasteiger partial charge in [-0.25, -0.2) is 13.1 Å². The van der Waals surface area contributed by atoms with Gasteiger partial charge in [0.2, 0.25) is 10.0 Å². The molecule has 2 rings (SSSR count). The van der Waals surface area contributed by atoms with Crippen LogP contribution >= 0.6 is 11.3 Å². The molecule has 1 fully saturated rings. The topological polar surface area (TPSA) is 67.4 Å². The highest BCUT2D eigenvalue weighted by atomic mass is 32.2. The molecule has 7 heteroatoms. The highest BCUT2D eigenvalue weighted by molar-refractivity contribution is 7.91. The summed E-state index contributed by atoms with van der Waals surface area (Å²) in [4.78, 5) is 1.04. The van der Waals surface area contributed by atoms with Crippen LogP contribution < -0.4 is 10.0 Å². The van der Waals surface area contributed by atoms with Crippen LogP contribution in [0.25, 0.3) is 0 Å². The maximum absolute atomic E-state index is 12.2. The number of hydrogen-bond donors (Lipinski definition) is 2. The normalized spacial score (nSPS) is 22.7. The van der Waals surface area contributed by atoms with Crippen molar-refractivity contribution >= 4 is 21.4 Å². The second-order valence-corrected chi connectivity index (χ2v) is 7.98. The van der Waals surface area contributed by atoms with Crippen molar-refractivity contribution in [1.82, 2.24) is 10.0 Å². The molecule has 5 nitrogen and oxygen atoms in total. The maximum atomic E-state index is 12.2. The van der Waals surface area contributed by atoms with E-state index < -0.39 is 10.0 Å². The Labute approximate surface area is 124 Å². The lowest BCUT2D eigenvalue weighted by Gasteiger charge is -2.34. The number of hydrogen-bond acceptors (Lipinski definition) is 5. The molecule has 20 heavy (non-hydrogen) atoms. The standard InChI is InChI=1S/C13H22N2O3S2/c1-3-14-9-12-5-6-13(19-12)20(16,17)15-10-7-11(8-10)18-4-2/h5-6,10-11,14-15H,3-4,7-9H2,1-2H3. The van der Waals surface area contributed by atoms with Crippen molar-refractivity contribution in [3.05, 3.63) is 17.0 Å². The zero-order valence-electron chi connectivity index (χ0n) is 11.9. The Kier molecular flexibility index (Phi) is 5.57. The van der Waals surface area contributed by atoms with Gasteiger partial charge in [0.15, 0.2) is 0 Å². The van der Waals surface area contributed by atoms with E-state index in [4.69, 9.17) is 4.74 Å². The first-order chi connectivity index (χ1) is 9.55. The van der Waals surface area contributed by atoms with E-state index in [0.29, 0.717) is 17.4 Å². The van der Waals surface area contributed by atoms with Crippen LogP contribution in [0.15, 0.2) is 16.3 Å². The lowest BCUT2D eigenvalue weighted by atomic mass is 9.90. The number of sulfonamides is 1. The fourth-order valence-corrected chi connectivity index (χ4v) is 4.76. The summed E-state index contributed by atoms with van der Waals surface area (Å²) in [6.07, 6.45) is 1.74. The van der Waals surface area contributed by atoms with Crippen LogP contribution in [0, 0.1) is 0 Å². The predicted octanol–water partition coefficient (Wildman–Crippen LogP) is 1.70. The molecule has 1 aromatic rings. The first-order valence-corrected chi connectivity index (χ1v) is 9.28. The Bertz CT molecular complexity index is 521. The van der Waals surface area contributed by atoms with Crippen LogP contribution in [-0.2, 0) is 21.3 Å². The molecule has 1 aromatic heterocycles. The molecule has 0 atom stereocenters. The van der Waals surface area contributed by atoms with Crippen LogP contribution in [0.5, 0.6) is 0 Å². The van der Waals surface area contributed by atoms with E-state index >= 15 is 0 Å². The molecule has 0 aromatic carbocycles. The Balaban J connectivity index is 1.89. The van der Waals surface area contributed by atoms with E-state index in [1.54, 1.807) is 6.07 Å². The average molecular weight is 318 g/mol. The molecule has 114 valence electrons. The molecule has 0 aliphatic heterocycles. The molecule has 1 aliphatic carbocycles. The minimum absolute atomic E-state index is 0.0101. The van der Waals surface area contributed by atoms with Gasteiger partial charge in [-0.15, -0.1) is 11.3 Å². The molecule has 0 saturated heterocycles. The van der Waals surface area contributed by atoms with Crippen LogP contribution in [0.3, 0.4) is 0 Å². The first kappa shape index (κ1) is 15.9. The van der Waals surface area contributed by atoms with Gasteiger partial charge in [-0.3, -0.25) is 0 Å². The minimum atomic E-state index is -3.38. The monoisotopic (exact) mass is 318 g/mol. The van der Waals surface area contributed by atoms with Crippen molar-refractivity contribution in [3.8, 4) is 0 Å². The smallest absolute Gasteiger partial charge is 0.250 e. The second-order valence-electron chi connectivity index (χ2n) is 4.87. The second kappa shape index (κ2) is 7.00. The van der Waals surface area contributed by atoms with Gasteiger partial charge in [0.25, 0.3) is 0 Å². The summed E-state index contributed by atoms with van der Waals surface area (Å²) in [6, 6.07) is 3.56. The lowest BCUT2D eigenvalue weighted by molar-refractivity contribution is -0.00474. The Morgan fingerprint density at radius 2 is 2.10 bits per heavy atom. The molecule has 0 spiro atoms. The van der Waals surface area contributed by atoms with E-state index in [0.717, 1.165) is 24.3 Å². The van der Waals surface area contributed by atoms with Crippen LogP contribution in [0.4, 0.5) is 0 Å². The van der Waals surface area contributed by atoms with Gasteiger partial charge in [0.1, 0.15) is 4.21 Å². The SMILES string of the molecule is CCNCc1ccc(S(=O)(=O)NC2CC(OCC)C2)s1. The van der Waals surface area contributed by atoms with Crippen molar-refractivity contribution in [2.24, 2.45) is 0 Å². The molecular formula is C13H22N2O3S2. The van der Waals surface area contributed by atoms with Crippen molar-refractivity contribution in [2.75, 3.05) is 13.2 Å².